The molecule has 4 aliphatic rings. The van der Waals surface area contributed by atoms with E-state index in [0.717, 1.165) is 12.0 Å². The van der Waals surface area contributed by atoms with Gasteiger partial charge in [0.1, 0.15) is 11.5 Å². The standard InChI is InChI=1S/C41H33Cl2F3N4O6/c1-3-20-4-10-24(11-5-20)49-36(52)27-14-13-26-28(33(27)38(49)54)18-30-37(53)50(48-35-31(43)16-22(19-47-35)41(44,45)46)39(55)40(30,21-6-8-23(42)9-7-21)34(26)29-17-25(56-2)12-15-32(29)51/h4-13,15-17,19,27-28,30,33-34,51H,3,14,18H2,1-2H3,(H,47,48)/t27-,28+,30-,33-,34+,40+/m0/s1. The van der Waals surface area contributed by atoms with E-state index >= 15 is 4.79 Å². The van der Waals surface area contributed by atoms with Gasteiger partial charge in [0.2, 0.25) is 11.8 Å². The van der Waals surface area contributed by atoms with Gasteiger partial charge in [0.25, 0.3) is 11.8 Å². The summed E-state index contributed by atoms with van der Waals surface area (Å²) in [7, 11) is 1.43. The predicted molar refractivity (Wildman–Crippen MR) is 200 cm³/mol. The quantitative estimate of drug-likeness (QED) is 0.143. The second-order valence-electron chi connectivity index (χ2n) is 14.4. The van der Waals surface area contributed by atoms with E-state index in [1.165, 1.54) is 24.1 Å². The topological polar surface area (TPSA) is 129 Å². The molecule has 2 N–H and O–H groups in total. The van der Waals surface area contributed by atoms with E-state index < -0.39 is 69.5 Å². The molecule has 4 amide bonds. The summed E-state index contributed by atoms with van der Waals surface area (Å²) in [6, 6.07) is 18.6. The van der Waals surface area contributed by atoms with Crippen LogP contribution in [0.15, 0.2) is 90.6 Å². The maximum absolute atomic E-state index is 15.3. The van der Waals surface area contributed by atoms with Crippen molar-refractivity contribution in [3.05, 3.63) is 123 Å². The molecule has 10 nitrogen and oxygen atoms in total. The lowest BCUT2D eigenvalue weighted by Gasteiger charge is -2.50. The monoisotopic (exact) mass is 804 g/mol. The van der Waals surface area contributed by atoms with E-state index in [-0.39, 0.29) is 35.9 Å². The van der Waals surface area contributed by atoms with Crippen molar-refractivity contribution in [1.82, 2.24) is 9.99 Å². The van der Waals surface area contributed by atoms with Gasteiger partial charge in [0.05, 0.1) is 46.6 Å². The number of nitrogens with zero attached hydrogens (tertiary/aromatic N) is 3. The maximum atomic E-state index is 15.3. The number of nitrogens with one attached hydrogen (secondary N) is 1. The number of pyridine rings is 1. The first kappa shape index (κ1) is 37.5. The molecule has 288 valence electrons. The van der Waals surface area contributed by atoms with Crippen LogP contribution in [0.2, 0.25) is 10.0 Å². The Kier molecular flexibility index (Phi) is 9.15. The van der Waals surface area contributed by atoms with Crippen molar-refractivity contribution in [1.29, 1.82) is 0 Å². The summed E-state index contributed by atoms with van der Waals surface area (Å²) in [6.07, 6.45) is -1.57. The molecule has 0 unspecified atom stereocenters. The van der Waals surface area contributed by atoms with Crippen molar-refractivity contribution in [3.63, 3.8) is 0 Å². The molecule has 1 saturated carbocycles. The summed E-state index contributed by atoms with van der Waals surface area (Å²) in [6.45, 7) is 1.99. The van der Waals surface area contributed by atoms with Crippen LogP contribution in [-0.2, 0) is 37.2 Å². The SMILES string of the molecule is CCc1ccc(N2C(=O)[C@H]3[C@H](CC=C4[C@H]3C[C@H]3C(=O)N(Nc5ncc(C(F)(F)F)cc5Cl)C(=O)[C@@]3(c3ccc(Cl)cc3)[C@H]4c3cc(OC)ccc3O)C2=O)cc1. The lowest BCUT2D eigenvalue weighted by molar-refractivity contribution is -0.139. The molecular weight excluding hydrogens is 772 g/mol. The van der Waals surface area contributed by atoms with Crippen LogP contribution in [0.3, 0.4) is 0 Å². The molecule has 6 atom stereocenters. The Morgan fingerprint density at radius 2 is 1.66 bits per heavy atom. The number of hydrogen-bond donors (Lipinski definition) is 2. The molecule has 15 heteroatoms. The van der Waals surface area contributed by atoms with Gasteiger partial charge in [-0.05, 0) is 84.8 Å². The Bertz CT molecular complexity index is 2340. The van der Waals surface area contributed by atoms with Gasteiger partial charge in [-0.25, -0.2) is 4.98 Å². The van der Waals surface area contributed by atoms with Crippen LogP contribution in [0.4, 0.5) is 24.7 Å². The zero-order valence-corrected chi connectivity index (χ0v) is 31.3. The number of carbonyl (C=O) groups excluding carboxylic acids is 4. The van der Waals surface area contributed by atoms with Crippen LogP contribution in [0.1, 0.15) is 47.9 Å². The molecule has 1 aromatic heterocycles. The Morgan fingerprint density at radius 3 is 2.30 bits per heavy atom. The number of carbonyl (C=O) groups is 4. The molecule has 8 rings (SSSR count). The molecule has 2 aliphatic heterocycles. The van der Waals surface area contributed by atoms with Crippen molar-refractivity contribution in [2.24, 2.45) is 23.7 Å². The summed E-state index contributed by atoms with van der Waals surface area (Å²) in [5, 5.41) is 12.2. The number of alkyl halides is 3. The minimum absolute atomic E-state index is 0.0740. The van der Waals surface area contributed by atoms with E-state index in [2.05, 4.69) is 10.4 Å². The van der Waals surface area contributed by atoms with E-state index in [9.17, 15) is 32.7 Å². The van der Waals surface area contributed by atoms with E-state index in [4.69, 9.17) is 27.9 Å². The van der Waals surface area contributed by atoms with Gasteiger partial charge in [-0.3, -0.25) is 29.5 Å². The fourth-order valence-electron chi connectivity index (χ4n) is 9.15. The molecule has 0 radical (unpaired) electrons. The number of phenols is 1. The summed E-state index contributed by atoms with van der Waals surface area (Å²) >= 11 is 12.6. The van der Waals surface area contributed by atoms with Crippen molar-refractivity contribution >= 4 is 58.3 Å². The fraction of sp³-hybridized carbons (Fsp3) is 0.293. The number of anilines is 2. The summed E-state index contributed by atoms with van der Waals surface area (Å²) in [5.41, 5.74) is 2.22. The highest BCUT2D eigenvalue weighted by atomic mass is 35.5. The molecule has 3 aromatic carbocycles. The average molecular weight is 806 g/mol. The molecular formula is C41H33Cl2F3N4O6. The number of phenolic OH excluding ortho intramolecular Hbond substituents is 1. The third-order valence-corrected chi connectivity index (χ3v) is 12.2. The highest BCUT2D eigenvalue weighted by Gasteiger charge is 2.70. The zero-order chi connectivity index (χ0) is 39.8. The zero-order valence-electron chi connectivity index (χ0n) is 29.8. The highest BCUT2D eigenvalue weighted by Crippen LogP contribution is 2.65. The first-order chi connectivity index (χ1) is 26.7. The van der Waals surface area contributed by atoms with Crippen molar-refractivity contribution in [2.45, 2.75) is 43.7 Å². The third kappa shape index (κ3) is 5.65. The molecule has 3 heterocycles. The minimum Gasteiger partial charge on any atom is -0.508 e. The number of aryl methyl sites for hydroxylation is 1. The number of aromatic nitrogens is 1. The van der Waals surface area contributed by atoms with Crippen LogP contribution >= 0.6 is 23.2 Å². The van der Waals surface area contributed by atoms with Crippen LogP contribution in [0.25, 0.3) is 0 Å². The summed E-state index contributed by atoms with van der Waals surface area (Å²) < 4.78 is 46.0. The number of benzene rings is 3. The largest absolute Gasteiger partial charge is 0.508 e. The first-order valence-electron chi connectivity index (χ1n) is 17.9. The van der Waals surface area contributed by atoms with Crippen LogP contribution < -0.4 is 15.1 Å². The second-order valence-corrected chi connectivity index (χ2v) is 15.2. The van der Waals surface area contributed by atoms with Crippen molar-refractivity contribution in [2.75, 3.05) is 17.4 Å². The number of imide groups is 2. The number of aromatic hydroxyl groups is 1. The third-order valence-electron chi connectivity index (χ3n) is 11.7. The van der Waals surface area contributed by atoms with Gasteiger partial charge >= 0.3 is 6.18 Å². The molecule has 3 fully saturated rings. The minimum atomic E-state index is -4.76. The summed E-state index contributed by atoms with van der Waals surface area (Å²) in [5.74, 6) is -7.49. The van der Waals surface area contributed by atoms with E-state index in [0.29, 0.717) is 44.9 Å². The number of hydrogen-bond acceptors (Lipinski definition) is 8. The number of allylic oxidation sites excluding steroid dienone is 2. The Hall–Kier alpha value is -5.40. The lowest BCUT2D eigenvalue weighted by atomic mass is 9.49. The smallest absolute Gasteiger partial charge is 0.417 e. The Balaban J connectivity index is 1.31. The number of ether oxygens (including phenoxy) is 1. The Morgan fingerprint density at radius 1 is 0.946 bits per heavy atom. The van der Waals surface area contributed by atoms with E-state index in [1.54, 1.807) is 42.5 Å². The van der Waals surface area contributed by atoms with Gasteiger partial charge in [-0.1, -0.05) is 66.0 Å². The van der Waals surface area contributed by atoms with Gasteiger partial charge < -0.3 is 9.84 Å². The van der Waals surface area contributed by atoms with Crippen LogP contribution in [-0.4, -0.2) is 45.8 Å². The fourth-order valence-corrected chi connectivity index (χ4v) is 9.49. The van der Waals surface area contributed by atoms with Crippen molar-refractivity contribution in [3.8, 4) is 11.5 Å². The van der Waals surface area contributed by atoms with Gasteiger partial charge in [0, 0.05) is 22.7 Å². The molecule has 2 saturated heterocycles. The highest BCUT2D eigenvalue weighted by molar-refractivity contribution is 6.33. The number of amides is 4. The number of methoxy groups -OCH3 is 1. The average Bonchev–Trinajstić information content (AvgIpc) is 3.56. The first-order valence-corrected chi connectivity index (χ1v) is 18.6. The molecule has 2 aliphatic carbocycles. The summed E-state index contributed by atoms with van der Waals surface area (Å²) in [4.78, 5) is 63.9. The lowest BCUT2D eigenvalue weighted by Crippen LogP contribution is -2.53. The van der Waals surface area contributed by atoms with E-state index in [1.807, 2.05) is 25.1 Å². The van der Waals surface area contributed by atoms with Gasteiger partial charge in [-0.15, -0.1) is 0 Å². The maximum Gasteiger partial charge on any atom is 0.417 e. The van der Waals surface area contributed by atoms with Gasteiger partial charge in [0.15, 0.2) is 5.82 Å². The van der Waals surface area contributed by atoms with Gasteiger partial charge in [-0.2, -0.15) is 18.2 Å². The normalized spacial score (nSPS) is 25.8. The Labute approximate surface area is 328 Å². The number of fused-ring (bicyclic) bond motifs is 4. The second kappa shape index (κ2) is 13.7. The number of rotatable bonds is 7. The number of halogens is 5. The predicted octanol–water partition coefficient (Wildman–Crippen LogP) is 7.87. The molecule has 0 spiro atoms. The molecule has 0 bridgehead atoms. The van der Waals surface area contributed by atoms with Crippen molar-refractivity contribution < 1.29 is 42.2 Å². The van der Waals surface area contributed by atoms with Crippen LogP contribution in [0, 0.1) is 23.7 Å². The molecule has 4 aromatic rings. The van der Waals surface area contributed by atoms with Crippen LogP contribution in [0.5, 0.6) is 11.5 Å². The molecule has 56 heavy (non-hydrogen) atoms. The number of hydrazine groups is 1.